The standard InChI is InChI=1S/2C5H10O.CH2O3.2K/c2*1-2-4-6-5-3-1;2-1(3)4;;/h2*1-5H2;(H2,2,3,4);;/q;;;2*+1/p-2. The maximum absolute atomic E-state index is 8.33. The zero-order chi connectivity index (χ0) is 12.1. The van der Waals surface area contributed by atoms with Crippen molar-refractivity contribution < 1.29 is 127 Å². The molecule has 0 aromatic heterocycles. The first-order valence-electron chi connectivity index (χ1n) is 5.77. The molecule has 96 valence electrons. The molecule has 5 nitrogen and oxygen atoms in total. The van der Waals surface area contributed by atoms with E-state index in [0.717, 1.165) is 26.4 Å². The summed E-state index contributed by atoms with van der Waals surface area (Å²) in [7, 11) is 0. The Hall–Kier alpha value is 2.46. The van der Waals surface area contributed by atoms with E-state index in [1.165, 1.54) is 38.5 Å². The van der Waals surface area contributed by atoms with Crippen molar-refractivity contribution in [1.29, 1.82) is 0 Å². The summed E-state index contributed by atoms with van der Waals surface area (Å²) < 4.78 is 10.1. The maximum atomic E-state index is 8.33. The number of carbonyl (C=O) groups excluding carboxylic acids is 1. The first kappa shape index (κ1) is 25.4. The third-order valence-electron chi connectivity index (χ3n) is 2.15. The van der Waals surface area contributed by atoms with E-state index < -0.39 is 6.16 Å². The summed E-state index contributed by atoms with van der Waals surface area (Å²) in [6.45, 7) is 4.00. The number of ether oxygens (including phenoxy) is 2. The van der Waals surface area contributed by atoms with Gasteiger partial charge in [-0.1, -0.05) is 0 Å². The van der Waals surface area contributed by atoms with Crippen LogP contribution in [0, 0.1) is 0 Å². The molecule has 0 aromatic carbocycles. The molecule has 0 bridgehead atoms. The molecule has 0 saturated carbocycles. The van der Waals surface area contributed by atoms with Crippen LogP contribution in [0.1, 0.15) is 38.5 Å². The summed E-state index contributed by atoms with van der Waals surface area (Å²) in [4.78, 5) is 8.33. The van der Waals surface area contributed by atoms with E-state index in [1.807, 2.05) is 0 Å². The van der Waals surface area contributed by atoms with Gasteiger partial charge in [-0.25, -0.2) is 0 Å². The predicted molar refractivity (Wildman–Crippen MR) is 54.7 cm³/mol. The minimum atomic E-state index is -2.33. The van der Waals surface area contributed by atoms with Crippen LogP contribution < -0.4 is 113 Å². The van der Waals surface area contributed by atoms with Gasteiger partial charge in [0.2, 0.25) is 0 Å². The van der Waals surface area contributed by atoms with Gasteiger partial charge >= 0.3 is 103 Å². The Morgan fingerprint density at radius 1 is 0.667 bits per heavy atom. The topological polar surface area (TPSA) is 81.7 Å². The van der Waals surface area contributed by atoms with Crippen LogP contribution in [0.5, 0.6) is 0 Å². The summed E-state index contributed by atoms with van der Waals surface area (Å²) in [6, 6.07) is 0. The van der Waals surface area contributed by atoms with Crippen molar-refractivity contribution in [3.63, 3.8) is 0 Å². The summed E-state index contributed by atoms with van der Waals surface area (Å²) in [5.41, 5.74) is 0. The Kier molecular flexibility index (Phi) is 30.7. The Morgan fingerprint density at radius 2 is 0.889 bits per heavy atom. The Bertz CT molecular complexity index is 122. The maximum Gasteiger partial charge on any atom is 1.00 e. The molecule has 0 atom stereocenters. The van der Waals surface area contributed by atoms with Gasteiger partial charge in [0.15, 0.2) is 0 Å². The molecule has 0 radical (unpaired) electrons. The minimum absolute atomic E-state index is 0. The van der Waals surface area contributed by atoms with Crippen LogP contribution in [0.3, 0.4) is 0 Å². The second-order valence-electron chi connectivity index (χ2n) is 3.60. The van der Waals surface area contributed by atoms with Gasteiger partial charge in [0, 0.05) is 26.4 Å². The fourth-order valence-electron chi connectivity index (χ4n) is 1.37. The van der Waals surface area contributed by atoms with Gasteiger partial charge in [0.1, 0.15) is 0 Å². The van der Waals surface area contributed by atoms with Crippen LogP contribution in [-0.2, 0) is 9.47 Å². The molecule has 2 aliphatic rings. The van der Waals surface area contributed by atoms with Crippen molar-refractivity contribution in [2.24, 2.45) is 0 Å². The summed E-state index contributed by atoms with van der Waals surface area (Å²) >= 11 is 0. The Balaban J connectivity index is -0.000000182. The van der Waals surface area contributed by atoms with Crippen LogP contribution in [-0.4, -0.2) is 32.6 Å². The SMILES string of the molecule is C1CCOCC1.C1CCOCC1.O=C([O-])[O-].[K+].[K+]. The molecule has 18 heavy (non-hydrogen) atoms. The number of rotatable bonds is 0. The second-order valence-corrected chi connectivity index (χ2v) is 3.60. The second kappa shape index (κ2) is 21.8. The van der Waals surface area contributed by atoms with Gasteiger partial charge in [-0.15, -0.1) is 0 Å². The van der Waals surface area contributed by atoms with Crippen LogP contribution >= 0.6 is 0 Å². The van der Waals surface area contributed by atoms with Crippen molar-refractivity contribution in [2.45, 2.75) is 38.5 Å². The molecule has 2 fully saturated rings. The molecule has 7 heteroatoms. The van der Waals surface area contributed by atoms with Crippen LogP contribution in [0.25, 0.3) is 0 Å². The van der Waals surface area contributed by atoms with Gasteiger partial charge in [0.05, 0.1) is 0 Å². The van der Waals surface area contributed by atoms with Crippen LogP contribution in [0.4, 0.5) is 4.79 Å². The van der Waals surface area contributed by atoms with Gasteiger partial charge in [-0.2, -0.15) is 0 Å². The van der Waals surface area contributed by atoms with Crippen molar-refractivity contribution in [1.82, 2.24) is 0 Å². The van der Waals surface area contributed by atoms with Gasteiger partial charge < -0.3 is 24.5 Å². The molecule has 0 aliphatic carbocycles. The van der Waals surface area contributed by atoms with E-state index in [1.54, 1.807) is 0 Å². The van der Waals surface area contributed by atoms with E-state index in [2.05, 4.69) is 0 Å². The van der Waals surface area contributed by atoms with Crippen molar-refractivity contribution in [3.05, 3.63) is 0 Å². The zero-order valence-electron chi connectivity index (χ0n) is 11.6. The largest absolute Gasteiger partial charge is 1.00 e. The van der Waals surface area contributed by atoms with E-state index in [-0.39, 0.29) is 103 Å². The van der Waals surface area contributed by atoms with Gasteiger partial charge in [0.25, 0.3) is 0 Å². The first-order chi connectivity index (χ1) is 7.73. The first-order valence-corrected chi connectivity index (χ1v) is 5.77. The van der Waals surface area contributed by atoms with E-state index in [4.69, 9.17) is 24.5 Å². The molecule has 2 aliphatic heterocycles. The molecular weight excluding hydrogens is 290 g/mol. The van der Waals surface area contributed by atoms with E-state index >= 15 is 0 Å². The monoisotopic (exact) mass is 310 g/mol. The van der Waals surface area contributed by atoms with E-state index in [9.17, 15) is 0 Å². The smallest absolute Gasteiger partial charge is 0.652 e. The van der Waals surface area contributed by atoms with Crippen LogP contribution in [0.2, 0.25) is 0 Å². The van der Waals surface area contributed by atoms with Crippen molar-refractivity contribution in [2.75, 3.05) is 26.4 Å². The Morgan fingerprint density at radius 3 is 0.944 bits per heavy atom. The van der Waals surface area contributed by atoms with Gasteiger partial charge in [-0.05, 0) is 44.7 Å². The summed E-state index contributed by atoms with van der Waals surface area (Å²) in [6.07, 6.45) is 5.53. The average molecular weight is 310 g/mol. The molecule has 0 spiro atoms. The number of carboxylic acid groups (broad SMARTS) is 2. The summed E-state index contributed by atoms with van der Waals surface area (Å²) in [5.74, 6) is 0. The fourth-order valence-corrected chi connectivity index (χ4v) is 1.37. The van der Waals surface area contributed by atoms with E-state index in [0.29, 0.717) is 0 Å². The molecule has 0 amide bonds. The third kappa shape index (κ3) is 26.9. The molecule has 0 aromatic rings. The van der Waals surface area contributed by atoms with Crippen LogP contribution in [0.15, 0.2) is 0 Å². The molecular formula is C11H20K2O5. The molecule has 0 N–H and O–H groups in total. The fraction of sp³-hybridized carbons (Fsp3) is 0.909. The quantitative estimate of drug-likeness (QED) is 0.416. The predicted octanol–water partition coefficient (Wildman–Crippen LogP) is -6.07. The normalized spacial score (nSPS) is 17.3. The number of hydrogen-bond acceptors (Lipinski definition) is 5. The molecule has 2 rings (SSSR count). The zero-order valence-corrected chi connectivity index (χ0v) is 17.9. The molecule has 2 heterocycles. The summed E-state index contributed by atoms with van der Waals surface area (Å²) in [5, 5.41) is 16.7. The Labute approximate surface area is 194 Å². The number of carbonyl (C=O) groups is 1. The van der Waals surface area contributed by atoms with Gasteiger partial charge in [-0.3, -0.25) is 0 Å². The van der Waals surface area contributed by atoms with Crippen molar-refractivity contribution in [3.8, 4) is 0 Å². The number of hydrogen-bond donors (Lipinski definition) is 0. The van der Waals surface area contributed by atoms with Crippen molar-refractivity contribution >= 4 is 6.16 Å². The molecule has 0 unspecified atom stereocenters. The minimum Gasteiger partial charge on any atom is -0.652 e. The molecule has 2 saturated heterocycles. The third-order valence-corrected chi connectivity index (χ3v) is 2.15. The average Bonchev–Trinajstić information content (AvgIpc) is 2.34.